The molecular weight excluding hydrogens is 238 g/mol. The molecule has 1 heterocycles. The lowest BCUT2D eigenvalue weighted by Gasteiger charge is -2.38. The van der Waals surface area contributed by atoms with Crippen LogP contribution < -0.4 is 5.73 Å². The molecule has 0 amide bonds. The van der Waals surface area contributed by atoms with E-state index in [0.29, 0.717) is 0 Å². The third kappa shape index (κ3) is 2.23. The van der Waals surface area contributed by atoms with Gasteiger partial charge >= 0.3 is 0 Å². The van der Waals surface area contributed by atoms with Gasteiger partial charge in [0, 0.05) is 11.5 Å². The lowest BCUT2D eigenvalue weighted by Crippen LogP contribution is -2.37. The summed E-state index contributed by atoms with van der Waals surface area (Å²) in [6.45, 7) is 4.48. The van der Waals surface area contributed by atoms with Crippen LogP contribution in [0.2, 0.25) is 0 Å². The molecule has 0 saturated carbocycles. The molecule has 1 unspecified atom stereocenters. The van der Waals surface area contributed by atoms with Crippen LogP contribution in [0, 0.1) is 0 Å². The largest absolute Gasteiger partial charge is 0.323 e. The SMILES string of the molecule is CCC(CC)(c1ccccc1)C(N)c1ccsc1. The third-order valence-electron chi connectivity index (χ3n) is 4.11. The molecule has 18 heavy (non-hydrogen) atoms. The molecule has 1 nitrogen and oxygen atoms in total. The van der Waals surface area contributed by atoms with E-state index in [4.69, 9.17) is 5.73 Å². The molecule has 1 aromatic carbocycles. The smallest absolute Gasteiger partial charge is 0.0401 e. The molecule has 1 aromatic heterocycles. The van der Waals surface area contributed by atoms with Crippen molar-refractivity contribution >= 4 is 11.3 Å². The van der Waals surface area contributed by atoms with Gasteiger partial charge in [-0.3, -0.25) is 0 Å². The summed E-state index contributed by atoms with van der Waals surface area (Å²) < 4.78 is 0. The van der Waals surface area contributed by atoms with E-state index in [1.807, 2.05) is 0 Å². The van der Waals surface area contributed by atoms with E-state index in [2.05, 4.69) is 61.0 Å². The highest BCUT2D eigenvalue weighted by Crippen LogP contribution is 2.42. The van der Waals surface area contributed by atoms with E-state index in [-0.39, 0.29) is 11.5 Å². The standard InChI is InChI=1S/C16H21NS/c1-3-16(4-2,14-8-6-5-7-9-14)15(17)13-10-11-18-12-13/h5-12,15H,3-4,17H2,1-2H3. The average molecular weight is 259 g/mol. The molecule has 0 aliphatic carbocycles. The van der Waals surface area contributed by atoms with E-state index in [1.54, 1.807) is 11.3 Å². The van der Waals surface area contributed by atoms with Crippen LogP contribution >= 0.6 is 11.3 Å². The Bertz CT molecular complexity index is 457. The highest BCUT2D eigenvalue weighted by atomic mass is 32.1. The first kappa shape index (κ1) is 13.3. The second-order valence-electron chi connectivity index (χ2n) is 4.76. The summed E-state index contributed by atoms with van der Waals surface area (Å²) in [5.74, 6) is 0. The Labute approximate surface area is 114 Å². The quantitative estimate of drug-likeness (QED) is 0.840. The number of hydrogen-bond acceptors (Lipinski definition) is 2. The number of hydrogen-bond donors (Lipinski definition) is 1. The van der Waals surface area contributed by atoms with Crippen LogP contribution in [0.15, 0.2) is 47.2 Å². The minimum absolute atomic E-state index is 0.0440. The van der Waals surface area contributed by atoms with Crippen LogP contribution in [-0.4, -0.2) is 0 Å². The van der Waals surface area contributed by atoms with Gasteiger partial charge in [0.15, 0.2) is 0 Å². The van der Waals surface area contributed by atoms with Crippen LogP contribution in [0.1, 0.15) is 43.9 Å². The topological polar surface area (TPSA) is 26.0 Å². The zero-order valence-electron chi connectivity index (χ0n) is 11.1. The molecule has 96 valence electrons. The average Bonchev–Trinajstić information content (AvgIpc) is 2.96. The van der Waals surface area contributed by atoms with Crippen molar-refractivity contribution in [3.05, 3.63) is 58.3 Å². The van der Waals surface area contributed by atoms with Gasteiger partial charge in [0.1, 0.15) is 0 Å². The molecule has 2 heteroatoms. The van der Waals surface area contributed by atoms with Crippen molar-refractivity contribution in [1.29, 1.82) is 0 Å². The number of rotatable bonds is 5. The van der Waals surface area contributed by atoms with Gasteiger partial charge in [-0.1, -0.05) is 44.2 Å². The summed E-state index contributed by atoms with van der Waals surface area (Å²) in [5.41, 5.74) is 9.23. The molecule has 2 aromatic rings. The molecule has 0 spiro atoms. The lowest BCUT2D eigenvalue weighted by molar-refractivity contribution is 0.322. The van der Waals surface area contributed by atoms with Gasteiger partial charge in [-0.2, -0.15) is 11.3 Å². The van der Waals surface area contributed by atoms with Crippen molar-refractivity contribution in [2.45, 2.75) is 38.1 Å². The molecule has 1 atom stereocenters. The fourth-order valence-corrected chi connectivity index (χ4v) is 3.52. The van der Waals surface area contributed by atoms with Gasteiger partial charge in [0.25, 0.3) is 0 Å². The summed E-state index contributed by atoms with van der Waals surface area (Å²) in [6.07, 6.45) is 2.12. The fourth-order valence-electron chi connectivity index (χ4n) is 2.82. The zero-order valence-corrected chi connectivity index (χ0v) is 11.9. The zero-order chi connectivity index (χ0) is 13.0. The van der Waals surface area contributed by atoms with Gasteiger partial charge in [0.2, 0.25) is 0 Å². The van der Waals surface area contributed by atoms with Crippen molar-refractivity contribution in [2.75, 3.05) is 0 Å². The predicted octanol–water partition coefficient (Wildman–Crippen LogP) is 4.51. The lowest BCUT2D eigenvalue weighted by atomic mass is 9.69. The van der Waals surface area contributed by atoms with Gasteiger partial charge in [-0.15, -0.1) is 0 Å². The third-order valence-corrected chi connectivity index (χ3v) is 4.81. The molecule has 0 fully saturated rings. The van der Waals surface area contributed by atoms with Gasteiger partial charge in [0.05, 0.1) is 0 Å². The maximum atomic E-state index is 6.58. The van der Waals surface area contributed by atoms with E-state index in [9.17, 15) is 0 Å². The Morgan fingerprint density at radius 2 is 1.78 bits per heavy atom. The van der Waals surface area contributed by atoms with Crippen LogP contribution in [0.5, 0.6) is 0 Å². The molecule has 0 saturated heterocycles. The predicted molar refractivity (Wildman–Crippen MR) is 79.9 cm³/mol. The van der Waals surface area contributed by atoms with Crippen molar-refractivity contribution < 1.29 is 0 Å². The molecule has 0 radical (unpaired) electrons. The second-order valence-corrected chi connectivity index (χ2v) is 5.54. The van der Waals surface area contributed by atoms with Crippen LogP contribution in [0.4, 0.5) is 0 Å². The van der Waals surface area contributed by atoms with E-state index in [0.717, 1.165) is 12.8 Å². The van der Waals surface area contributed by atoms with Gasteiger partial charge in [-0.05, 0) is 40.8 Å². The summed E-state index contributed by atoms with van der Waals surface area (Å²) in [6, 6.07) is 12.9. The number of thiophene rings is 1. The Morgan fingerprint density at radius 3 is 2.28 bits per heavy atom. The van der Waals surface area contributed by atoms with Crippen molar-refractivity contribution in [2.24, 2.45) is 5.73 Å². The minimum atomic E-state index is 0.0440. The molecule has 0 aliphatic heterocycles. The Hall–Kier alpha value is -1.12. The summed E-state index contributed by atoms with van der Waals surface area (Å²) in [4.78, 5) is 0. The van der Waals surface area contributed by atoms with Crippen molar-refractivity contribution in [3.8, 4) is 0 Å². The number of nitrogens with two attached hydrogens (primary N) is 1. The molecular formula is C16H21NS. The van der Waals surface area contributed by atoms with E-state index < -0.39 is 0 Å². The summed E-state index contributed by atoms with van der Waals surface area (Å²) in [5, 5.41) is 4.28. The minimum Gasteiger partial charge on any atom is -0.323 e. The first-order chi connectivity index (χ1) is 8.74. The first-order valence-electron chi connectivity index (χ1n) is 6.57. The van der Waals surface area contributed by atoms with Gasteiger partial charge in [-0.25, -0.2) is 0 Å². The number of benzene rings is 1. The molecule has 0 bridgehead atoms. The molecule has 2 N–H and O–H groups in total. The Kier molecular flexibility index (Phi) is 4.20. The normalized spacial score (nSPS) is 13.5. The molecule has 0 aliphatic rings. The van der Waals surface area contributed by atoms with E-state index in [1.165, 1.54) is 11.1 Å². The van der Waals surface area contributed by atoms with Crippen LogP contribution in [0.25, 0.3) is 0 Å². The summed E-state index contributed by atoms with van der Waals surface area (Å²) >= 11 is 1.72. The first-order valence-corrected chi connectivity index (χ1v) is 7.52. The van der Waals surface area contributed by atoms with Gasteiger partial charge < -0.3 is 5.73 Å². The van der Waals surface area contributed by atoms with E-state index >= 15 is 0 Å². The highest BCUT2D eigenvalue weighted by Gasteiger charge is 2.36. The van der Waals surface area contributed by atoms with Crippen LogP contribution in [0.3, 0.4) is 0 Å². The second kappa shape index (κ2) is 5.68. The highest BCUT2D eigenvalue weighted by molar-refractivity contribution is 7.07. The van der Waals surface area contributed by atoms with Crippen molar-refractivity contribution in [3.63, 3.8) is 0 Å². The van der Waals surface area contributed by atoms with Crippen LogP contribution in [-0.2, 0) is 5.41 Å². The Balaban J connectivity index is 2.44. The maximum absolute atomic E-state index is 6.58. The fraction of sp³-hybridized carbons (Fsp3) is 0.375. The summed E-state index contributed by atoms with van der Waals surface area (Å²) in [7, 11) is 0. The monoisotopic (exact) mass is 259 g/mol. The van der Waals surface area contributed by atoms with Crippen molar-refractivity contribution in [1.82, 2.24) is 0 Å². The Morgan fingerprint density at radius 1 is 1.11 bits per heavy atom. The maximum Gasteiger partial charge on any atom is 0.0401 e. The molecule has 2 rings (SSSR count).